The highest BCUT2D eigenvalue weighted by molar-refractivity contribution is 7.26. The summed E-state index contributed by atoms with van der Waals surface area (Å²) in [6.07, 6.45) is -0.410. The molecule has 1 unspecified atom stereocenters. The highest BCUT2D eigenvalue weighted by atomic mass is 32.1. The van der Waals surface area contributed by atoms with E-state index < -0.39 is 6.17 Å². The fourth-order valence-corrected chi connectivity index (χ4v) is 7.12. The van der Waals surface area contributed by atoms with E-state index in [1.807, 2.05) is 43.4 Å². The van der Waals surface area contributed by atoms with Gasteiger partial charge in [-0.3, -0.25) is 14.1 Å². The first-order valence-corrected chi connectivity index (χ1v) is 15.0. The van der Waals surface area contributed by atoms with Crippen molar-refractivity contribution in [3.63, 3.8) is 0 Å². The summed E-state index contributed by atoms with van der Waals surface area (Å²) in [5, 5.41) is 7.51. The molecule has 1 aliphatic heterocycles. The molecule has 7 heteroatoms. The van der Waals surface area contributed by atoms with Crippen molar-refractivity contribution in [2.45, 2.75) is 6.17 Å². The number of nitrogens with zero attached hydrogens (tertiary/aromatic N) is 5. The highest BCUT2D eigenvalue weighted by Gasteiger charge is 2.17. The number of aryl methyl sites for hydroxylation is 2. The summed E-state index contributed by atoms with van der Waals surface area (Å²) in [7, 11) is 3.61. The number of aliphatic imine (C=N–C) groups is 2. The third-order valence-corrected chi connectivity index (χ3v) is 9.39. The molecule has 0 saturated heterocycles. The molecule has 0 fully saturated rings. The first-order valence-electron chi connectivity index (χ1n) is 14.1. The van der Waals surface area contributed by atoms with Crippen LogP contribution < -0.4 is 5.69 Å². The van der Waals surface area contributed by atoms with Crippen molar-refractivity contribution in [2.75, 3.05) is 0 Å². The molecule has 0 amide bonds. The van der Waals surface area contributed by atoms with Crippen molar-refractivity contribution < 1.29 is 0 Å². The van der Waals surface area contributed by atoms with Gasteiger partial charge in [-0.25, -0.2) is 4.79 Å². The molecule has 0 bridgehead atoms. The number of amidine groups is 2. The number of hydrogen-bond donors (Lipinski definition) is 0. The van der Waals surface area contributed by atoms with Gasteiger partial charge in [0.1, 0.15) is 0 Å². The normalized spacial score (nSPS) is 15.1. The van der Waals surface area contributed by atoms with E-state index in [1.54, 1.807) is 27.5 Å². The number of rotatable bonds is 4. The maximum Gasteiger partial charge on any atom is 0.328 e. The molecule has 43 heavy (non-hydrogen) atoms. The third-order valence-electron chi connectivity index (χ3n) is 8.17. The van der Waals surface area contributed by atoms with Gasteiger partial charge >= 0.3 is 5.69 Å². The SMILES string of the molecule is Cn1c(=O)n(C)c2cc(-c3cccc(C4=NC(c5cccc6c5sc5ccccc56)=NC(c5ccccc5)[N-]4)c3)ccc21. The summed E-state index contributed by atoms with van der Waals surface area (Å²) in [5.74, 6) is 1.33. The molecule has 7 aromatic rings. The monoisotopic (exact) mass is 576 g/mol. The molecule has 1 aliphatic rings. The van der Waals surface area contributed by atoms with Crippen LogP contribution in [-0.2, 0) is 14.1 Å². The Morgan fingerprint density at radius 3 is 2.30 bits per heavy atom. The second kappa shape index (κ2) is 9.93. The zero-order valence-electron chi connectivity index (χ0n) is 23.6. The average Bonchev–Trinajstić information content (AvgIpc) is 3.55. The fraction of sp³-hybridized carbons (Fsp3) is 0.0833. The summed E-state index contributed by atoms with van der Waals surface area (Å²) >= 11 is 1.77. The Morgan fingerprint density at radius 1 is 0.698 bits per heavy atom. The van der Waals surface area contributed by atoms with Crippen LogP contribution in [0.4, 0.5) is 0 Å². The quantitative estimate of drug-likeness (QED) is 0.208. The average molecular weight is 577 g/mol. The number of thiophene rings is 1. The predicted molar refractivity (Wildman–Crippen MR) is 179 cm³/mol. The molecule has 6 nitrogen and oxygen atoms in total. The maximum atomic E-state index is 12.5. The zero-order valence-corrected chi connectivity index (χ0v) is 24.4. The smallest absolute Gasteiger partial charge is 0.328 e. The molecule has 0 radical (unpaired) electrons. The summed E-state index contributed by atoms with van der Waals surface area (Å²) in [5.41, 5.74) is 6.75. The second-order valence-corrected chi connectivity index (χ2v) is 11.8. The molecule has 8 rings (SSSR count). The van der Waals surface area contributed by atoms with Crippen molar-refractivity contribution in [2.24, 2.45) is 24.1 Å². The summed E-state index contributed by atoms with van der Waals surface area (Å²) in [6.45, 7) is 0. The first-order chi connectivity index (χ1) is 21.0. The number of benzene rings is 5. The Hall–Kier alpha value is -5.27. The minimum Gasteiger partial charge on any atom is -0.438 e. The lowest BCUT2D eigenvalue weighted by Crippen LogP contribution is -2.19. The van der Waals surface area contributed by atoms with Crippen LogP contribution in [0, 0.1) is 0 Å². The Labute approximate surface area is 251 Å². The molecule has 1 atom stereocenters. The van der Waals surface area contributed by atoms with Gasteiger partial charge in [-0.15, -0.1) is 11.3 Å². The fourth-order valence-electron chi connectivity index (χ4n) is 5.91. The Bertz CT molecular complexity index is 2320. The summed E-state index contributed by atoms with van der Waals surface area (Å²) < 4.78 is 5.78. The number of fused-ring (bicyclic) bond motifs is 4. The lowest BCUT2D eigenvalue weighted by Gasteiger charge is -2.32. The van der Waals surface area contributed by atoms with E-state index in [4.69, 9.17) is 15.3 Å². The van der Waals surface area contributed by atoms with Crippen LogP contribution in [0.3, 0.4) is 0 Å². The van der Waals surface area contributed by atoms with Gasteiger partial charge in [0, 0.05) is 39.8 Å². The Kier molecular flexibility index (Phi) is 5.87. The standard InChI is InChI=1S/C36H26N5OS/c1-40-29-19-18-24(21-30(29)41(2)36(40)42)23-12-8-13-25(20-23)34-37-33(22-10-4-3-5-11-22)38-35(39-34)28-16-9-15-27-26-14-6-7-17-31(26)43-32(27)28/h3-21,33H,1-2H3/q-1. The molecular weight excluding hydrogens is 550 g/mol. The molecule has 0 aliphatic carbocycles. The molecule has 5 aromatic carbocycles. The van der Waals surface area contributed by atoms with Crippen LogP contribution in [-0.4, -0.2) is 20.8 Å². The topological polar surface area (TPSA) is 65.8 Å². The van der Waals surface area contributed by atoms with Gasteiger partial charge in [-0.1, -0.05) is 96.8 Å². The van der Waals surface area contributed by atoms with Crippen LogP contribution >= 0.6 is 11.3 Å². The van der Waals surface area contributed by atoms with Crippen LogP contribution in [0.25, 0.3) is 47.6 Å². The van der Waals surface area contributed by atoms with Crippen molar-refractivity contribution in [3.05, 3.63) is 148 Å². The summed E-state index contributed by atoms with van der Waals surface area (Å²) in [6, 6.07) is 39.5. The Balaban J connectivity index is 1.27. The molecule has 2 aromatic heterocycles. The van der Waals surface area contributed by atoms with Gasteiger partial charge in [0.2, 0.25) is 0 Å². The van der Waals surface area contributed by atoms with Gasteiger partial charge in [0.05, 0.1) is 23.0 Å². The van der Waals surface area contributed by atoms with E-state index in [-0.39, 0.29) is 5.69 Å². The minimum atomic E-state index is -0.410. The second-order valence-electron chi connectivity index (χ2n) is 10.8. The lowest BCUT2D eigenvalue weighted by atomic mass is 10.0. The predicted octanol–water partition coefficient (Wildman–Crippen LogP) is 8.19. The van der Waals surface area contributed by atoms with Crippen LogP contribution in [0.1, 0.15) is 22.9 Å². The van der Waals surface area contributed by atoms with Gasteiger partial charge in [-0.2, -0.15) is 0 Å². The number of hydrogen-bond acceptors (Lipinski definition) is 4. The van der Waals surface area contributed by atoms with Crippen LogP contribution in [0.15, 0.2) is 130 Å². The first kappa shape index (κ1) is 25.4. The van der Waals surface area contributed by atoms with Gasteiger partial charge in [0.15, 0.2) is 0 Å². The van der Waals surface area contributed by atoms with E-state index in [1.165, 1.54) is 20.2 Å². The van der Waals surface area contributed by atoms with Gasteiger partial charge in [-0.05, 0) is 46.5 Å². The van der Waals surface area contributed by atoms with Crippen molar-refractivity contribution in [1.29, 1.82) is 0 Å². The summed E-state index contributed by atoms with van der Waals surface area (Å²) in [4.78, 5) is 22.7. The van der Waals surface area contributed by atoms with E-state index in [0.717, 1.165) is 38.9 Å². The minimum absolute atomic E-state index is 0.0383. The molecule has 0 spiro atoms. The highest BCUT2D eigenvalue weighted by Crippen LogP contribution is 2.38. The van der Waals surface area contributed by atoms with E-state index in [0.29, 0.717) is 11.7 Å². The van der Waals surface area contributed by atoms with E-state index >= 15 is 0 Å². The van der Waals surface area contributed by atoms with Gasteiger partial charge in [0.25, 0.3) is 0 Å². The third kappa shape index (κ3) is 4.20. The lowest BCUT2D eigenvalue weighted by molar-refractivity contribution is 0.795. The molecule has 3 heterocycles. The van der Waals surface area contributed by atoms with Crippen LogP contribution in [0.5, 0.6) is 0 Å². The largest absolute Gasteiger partial charge is 0.438 e. The van der Waals surface area contributed by atoms with Crippen molar-refractivity contribution in [1.82, 2.24) is 9.13 Å². The molecular formula is C36H26N5OS-. The van der Waals surface area contributed by atoms with Crippen molar-refractivity contribution >= 4 is 54.2 Å². The van der Waals surface area contributed by atoms with Crippen LogP contribution in [0.2, 0.25) is 0 Å². The molecule has 208 valence electrons. The molecule has 0 saturated carbocycles. The molecule has 0 N–H and O–H groups in total. The zero-order chi connectivity index (χ0) is 29.1. The number of imidazole rings is 1. The van der Waals surface area contributed by atoms with E-state index in [2.05, 4.69) is 78.9 Å². The Morgan fingerprint density at radius 2 is 1.42 bits per heavy atom. The van der Waals surface area contributed by atoms with Crippen molar-refractivity contribution in [3.8, 4) is 11.1 Å². The number of aromatic nitrogens is 2. The maximum absolute atomic E-state index is 12.5. The van der Waals surface area contributed by atoms with E-state index in [9.17, 15) is 4.79 Å². The van der Waals surface area contributed by atoms with Gasteiger partial charge < -0.3 is 10.3 Å².